The Morgan fingerprint density at radius 1 is 0.806 bits per heavy atom. The number of aromatic nitrogens is 4. The van der Waals surface area contributed by atoms with Crippen molar-refractivity contribution < 1.29 is 9.50 Å². The van der Waals surface area contributed by atoms with E-state index in [9.17, 15) is 9.50 Å². The minimum atomic E-state index is -0.543. The van der Waals surface area contributed by atoms with Crippen molar-refractivity contribution in [2.45, 2.75) is 6.54 Å². The first-order chi connectivity index (χ1) is 17.6. The lowest BCUT2D eigenvalue weighted by molar-refractivity contribution is 0.475. The molecule has 0 saturated carbocycles. The smallest absolute Gasteiger partial charge is 0.269 e. The van der Waals surface area contributed by atoms with E-state index in [1.807, 2.05) is 48.5 Å². The van der Waals surface area contributed by atoms with Crippen LogP contribution in [0.15, 0.2) is 108 Å². The molecule has 0 saturated heterocycles. The highest BCUT2D eigenvalue weighted by Gasteiger charge is 2.09. The molecule has 5 rings (SSSR count). The minimum absolute atomic E-state index is 0.0654. The molecule has 0 aliphatic heterocycles. The van der Waals surface area contributed by atoms with E-state index in [1.54, 1.807) is 42.9 Å². The number of rotatable bonds is 7. The average Bonchev–Trinajstić information content (AvgIpc) is 2.91. The molecule has 0 spiro atoms. The molecule has 0 radical (unpaired) electrons. The molecule has 36 heavy (non-hydrogen) atoms. The Bertz CT molecular complexity index is 1490. The molecule has 5 aromatic rings. The first-order valence-corrected chi connectivity index (χ1v) is 11.1. The Morgan fingerprint density at radius 3 is 2.36 bits per heavy atom. The number of aromatic hydroxyl groups is 1. The van der Waals surface area contributed by atoms with Crippen LogP contribution in [0, 0.1) is 5.82 Å². The highest BCUT2D eigenvalue weighted by molar-refractivity contribution is 5.69. The monoisotopic (exact) mass is 477 g/mol. The summed E-state index contributed by atoms with van der Waals surface area (Å²) in [6, 6.07) is 22.1. The number of benzene rings is 2. The van der Waals surface area contributed by atoms with Gasteiger partial charge >= 0.3 is 0 Å². The first-order valence-electron chi connectivity index (χ1n) is 11.1. The van der Waals surface area contributed by atoms with Gasteiger partial charge in [0.25, 0.3) is 5.95 Å². The van der Waals surface area contributed by atoms with Gasteiger partial charge in [0.15, 0.2) is 5.82 Å². The SMILES string of the molecule is Oc1cccc(-c2ccc(Nc3ccc(CN=Nc4ncc(F)c(-c5ccncc5)n4)nc3)cc2)c1. The quantitative estimate of drug-likeness (QED) is 0.260. The van der Waals surface area contributed by atoms with Crippen molar-refractivity contribution in [1.82, 2.24) is 19.9 Å². The van der Waals surface area contributed by atoms with E-state index in [0.717, 1.165) is 28.7 Å². The normalized spacial score (nSPS) is 11.0. The van der Waals surface area contributed by atoms with Crippen molar-refractivity contribution in [1.29, 1.82) is 0 Å². The molecule has 0 amide bonds. The fourth-order valence-electron chi connectivity index (χ4n) is 3.48. The zero-order chi connectivity index (χ0) is 24.7. The van der Waals surface area contributed by atoms with Gasteiger partial charge in [-0.05, 0) is 59.7 Å². The van der Waals surface area contributed by atoms with Gasteiger partial charge in [-0.2, -0.15) is 5.11 Å². The molecular weight excluding hydrogens is 457 g/mol. The Balaban J connectivity index is 1.20. The summed E-state index contributed by atoms with van der Waals surface area (Å²) in [5, 5.41) is 21.1. The van der Waals surface area contributed by atoms with Crippen LogP contribution in [0.2, 0.25) is 0 Å². The van der Waals surface area contributed by atoms with E-state index >= 15 is 0 Å². The predicted molar refractivity (Wildman–Crippen MR) is 135 cm³/mol. The fraction of sp³-hybridized carbons (Fsp3) is 0.0370. The Hall–Kier alpha value is -5.05. The van der Waals surface area contributed by atoms with E-state index in [-0.39, 0.29) is 23.9 Å². The fourth-order valence-corrected chi connectivity index (χ4v) is 3.48. The van der Waals surface area contributed by atoms with Gasteiger partial charge in [0.1, 0.15) is 18.0 Å². The summed E-state index contributed by atoms with van der Waals surface area (Å²) >= 11 is 0. The van der Waals surface area contributed by atoms with Gasteiger partial charge in [-0.1, -0.05) is 24.3 Å². The van der Waals surface area contributed by atoms with E-state index < -0.39 is 5.82 Å². The first kappa shape index (κ1) is 22.7. The molecule has 9 heteroatoms. The van der Waals surface area contributed by atoms with E-state index in [2.05, 4.69) is 35.5 Å². The third-order valence-electron chi connectivity index (χ3n) is 5.26. The zero-order valence-electron chi connectivity index (χ0n) is 19.0. The second-order valence-corrected chi connectivity index (χ2v) is 7.79. The summed E-state index contributed by atoms with van der Waals surface area (Å²) in [5.41, 5.74) is 5.12. The van der Waals surface area contributed by atoms with Crippen LogP contribution in [0.5, 0.6) is 5.75 Å². The summed E-state index contributed by atoms with van der Waals surface area (Å²) < 4.78 is 14.1. The van der Waals surface area contributed by atoms with Gasteiger partial charge in [0.05, 0.1) is 23.8 Å². The summed E-state index contributed by atoms with van der Waals surface area (Å²) in [6.45, 7) is 0.226. The number of anilines is 2. The second kappa shape index (κ2) is 10.5. The largest absolute Gasteiger partial charge is 0.508 e. The van der Waals surface area contributed by atoms with Crippen LogP contribution < -0.4 is 5.32 Å². The molecule has 0 aliphatic rings. The van der Waals surface area contributed by atoms with Crippen LogP contribution in [-0.4, -0.2) is 25.0 Å². The van der Waals surface area contributed by atoms with E-state index in [4.69, 9.17) is 0 Å². The van der Waals surface area contributed by atoms with Crippen LogP contribution in [0.3, 0.4) is 0 Å². The molecule has 176 valence electrons. The molecular formula is C27H20FN7O. The van der Waals surface area contributed by atoms with Crippen LogP contribution in [-0.2, 0) is 6.54 Å². The summed E-state index contributed by atoms with van der Waals surface area (Å²) in [7, 11) is 0. The van der Waals surface area contributed by atoms with Gasteiger partial charge in [-0.3, -0.25) is 9.97 Å². The molecule has 0 aliphatic carbocycles. The van der Waals surface area contributed by atoms with Crippen LogP contribution in [0.25, 0.3) is 22.4 Å². The third-order valence-corrected chi connectivity index (χ3v) is 5.26. The second-order valence-electron chi connectivity index (χ2n) is 7.79. The number of azo groups is 1. The van der Waals surface area contributed by atoms with Crippen molar-refractivity contribution in [2.75, 3.05) is 5.32 Å². The van der Waals surface area contributed by atoms with Crippen LogP contribution in [0.4, 0.5) is 21.7 Å². The van der Waals surface area contributed by atoms with Crippen molar-refractivity contribution in [3.05, 3.63) is 109 Å². The Morgan fingerprint density at radius 2 is 1.61 bits per heavy atom. The maximum atomic E-state index is 14.1. The van der Waals surface area contributed by atoms with Crippen molar-refractivity contribution >= 4 is 17.3 Å². The average molecular weight is 478 g/mol. The minimum Gasteiger partial charge on any atom is -0.508 e. The lowest BCUT2D eigenvalue weighted by atomic mass is 10.1. The molecule has 0 fully saturated rings. The number of nitrogens with zero attached hydrogens (tertiary/aromatic N) is 6. The number of hydrogen-bond acceptors (Lipinski definition) is 8. The molecule has 2 N–H and O–H groups in total. The zero-order valence-corrected chi connectivity index (χ0v) is 19.0. The van der Waals surface area contributed by atoms with Crippen molar-refractivity contribution in [3.8, 4) is 28.1 Å². The molecule has 2 aromatic carbocycles. The maximum Gasteiger partial charge on any atom is 0.269 e. The lowest BCUT2D eigenvalue weighted by Crippen LogP contribution is -1.94. The predicted octanol–water partition coefficient (Wildman–Crippen LogP) is 6.47. The van der Waals surface area contributed by atoms with E-state index in [0.29, 0.717) is 11.3 Å². The van der Waals surface area contributed by atoms with Crippen LogP contribution >= 0.6 is 0 Å². The third kappa shape index (κ3) is 5.53. The van der Waals surface area contributed by atoms with Gasteiger partial charge in [-0.15, -0.1) is 5.11 Å². The van der Waals surface area contributed by atoms with E-state index in [1.165, 1.54) is 0 Å². The van der Waals surface area contributed by atoms with Crippen LogP contribution in [0.1, 0.15) is 5.69 Å². The molecule has 0 atom stereocenters. The number of nitrogens with one attached hydrogen (secondary N) is 1. The topological polar surface area (TPSA) is 109 Å². The molecule has 8 nitrogen and oxygen atoms in total. The van der Waals surface area contributed by atoms with Gasteiger partial charge < -0.3 is 10.4 Å². The van der Waals surface area contributed by atoms with Gasteiger partial charge in [0.2, 0.25) is 0 Å². The van der Waals surface area contributed by atoms with Gasteiger partial charge in [-0.25, -0.2) is 14.4 Å². The number of hydrogen-bond donors (Lipinski definition) is 2. The molecule has 3 aromatic heterocycles. The van der Waals surface area contributed by atoms with Gasteiger partial charge in [0, 0.05) is 23.6 Å². The lowest BCUT2D eigenvalue weighted by Gasteiger charge is -2.08. The summed E-state index contributed by atoms with van der Waals surface area (Å²) in [4.78, 5) is 16.4. The van der Waals surface area contributed by atoms with Crippen molar-refractivity contribution in [3.63, 3.8) is 0 Å². The Kier molecular flexibility index (Phi) is 6.61. The number of phenols is 1. The highest BCUT2D eigenvalue weighted by Crippen LogP contribution is 2.26. The molecule has 0 unspecified atom stereocenters. The highest BCUT2D eigenvalue weighted by atomic mass is 19.1. The number of pyridine rings is 2. The molecule has 3 heterocycles. The standard InChI is InChI=1S/C27H20FN7O/c28-25-17-31-27(34-26(25)19-10-12-29-13-11-19)35-32-16-22-8-9-23(15-30-22)33-21-6-4-18(5-7-21)20-2-1-3-24(36)14-20/h1-15,17,33,36H,16H2. The number of halogens is 1. The number of phenolic OH excluding ortho intramolecular Hbond substituents is 1. The maximum absolute atomic E-state index is 14.1. The molecule has 0 bridgehead atoms. The van der Waals surface area contributed by atoms with Crippen molar-refractivity contribution in [2.24, 2.45) is 10.2 Å². The summed E-state index contributed by atoms with van der Waals surface area (Å²) in [5.74, 6) is -0.241. The summed E-state index contributed by atoms with van der Waals surface area (Å²) in [6.07, 6.45) is 5.92. The Labute approximate surface area is 206 Å².